The number of hydrogen-bond donors (Lipinski definition) is 1. The van der Waals surface area contributed by atoms with Crippen molar-refractivity contribution in [2.75, 3.05) is 44.4 Å². The zero-order chi connectivity index (χ0) is 40.8. The third-order valence-corrected chi connectivity index (χ3v) is 11.5. The van der Waals surface area contributed by atoms with E-state index in [0.717, 1.165) is 43.5 Å². The lowest BCUT2D eigenvalue weighted by atomic mass is 9.92. The monoisotopic (exact) mass is 808 g/mol. The molecule has 0 radical (unpaired) electrons. The van der Waals surface area contributed by atoms with Crippen molar-refractivity contribution in [1.29, 1.82) is 0 Å². The van der Waals surface area contributed by atoms with Crippen molar-refractivity contribution in [2.45, 2.75) is 62.4 Å². The second-order valence-electron chi connectivity index (χ2n) is 15.6. The van der Waals surface area contributed by atoms with Crippen LogP contribution < -0.4 is 15.0 Å². The number of nitrogens with zero attached hydrogens (tertiary/aromatic N) is 5. The number of carbonyl (C=O) groups excluding carboxylic acids is 4. The van der Waals surface area contributed by atoms with Gasteiger partial charge in [-0.3, -0.25) is 34.4 Å². The summed E-state index contributed by atoms with van der Waals surface area (Å²) < 4.78 is 53.7. The molecule has 2 saturated heterocycles. The lowest BCUT2D eigenvalue weighted by Gasteiger charge is -2.40. The minimum Gasteiger partial charge on any atom is -0.474 e. The van der Waals surface area contributed by atoms with Crippen LogP contribution in [0.5, 0.6) is 5.88 Å². The summed E-state index contributed by atoms with van der Waals surface area (Å²) in [6, 6.07) is 16.0. The highest BCUT2D eigenvalue weighted by Gasteiger charge is 2.45. The molecular formula is C43H42F2N6O8. The number of imide groups is 2. The van der Waals surface area contributed by atoms with Gasteiger partial charge in [-0.05, 0) is 54.8 Å². The Morgan fingerprint density at radius 2 is 1.63 bits per heavy atom. The molecule has 1 saturated carbocycles. The Balaban J connectivity index is 0.642. The van der Waals surface area contributed by atoms with Crippen molar-refractivity contribution in [3.8, 4) is 17.0 Å². The third-order valence-electron chi connectivity index (χ3n) is 11.5. The lowest BCUT2D eigenvalue weighted by Crippen LogP contribution is -2.54. The van der Waals surface area contributed by atoms with E-state index in [0.29, 0.717) is 44.8 Å². The van der Waals surface area contributed by atoms with Crippen LogP contribution >= 0.6 is 0 Å². The number of rotatable bonds is 15. The predicted molar refractivity (Wildman–Crippen MR) is 210 cm³/mol. The van der Waals surface area contributed by atoms with Gasteiger partial charge in [0.25, 0.3) is 17.7 Å². The van der Waals surface area contributed by atoms with Crippen molar-refractivity contribution >= 4 is 51.1 Å². The number of aryl methyl sites for hydroxylation is 1. The van der Waals surface area contributed by atoms with Gasteiger partial charge in [-0.2, -0.15) is 0 Å². The Morgan fingerprint density at radius 3 is 2.42 bits per heavy atom. The topological polar surface area (TPSA) is 154 Å². The Labute approximate surface area is 337 Å². The number of aromatic nitrogens is 3. The third kappa shape index (κ3) is 7.75. The summed E-state index contributed by atoms with van der Waals surface area (Å²) in [5.74, 6) is -4.85. The van der Waals surface area contributed by atoms with E-state index in [4.69, 9.17) is 18.9 Å². The summed E-state index contributed by atoms with van der Waals surface area (Å²) in [4.78, 5) is 61.6. The van der Waals surface area contributed by atoms with Gasteiger partial charge in [0.15, 0.2) is 0 Å². The first-order chi connectivity index (χ1) is 28.5. The Hall–Kier alpha value is -5.84. The number of nitrogens with one attached hydrogen (secondary N) is 1. The zero-order valence-electron chi connectivity index (χ0n) is 32.3. The number of benzene rings is 2. The molecule has 2 aromatic carbocycles. The molecule has 306 valence electrons. The average Bonchev–Trinajstić information content (AvgIpc) is 3.62. The molecule has 6 heterocycles. The van der Waals surface area contributed by atoms with Gasteiger partial charge in [0.05, 0.1) is 28.9 Å². The van der Waals surface area contributed by atoms with Crippen LogP contribution in [0.3, 0.4) is 0 Å². The number of alkyl halides is 2. The van der Waals surface area contributed by atoms with E-state index in [9.17, 15) is 28.0 Å². The van der Waals surface area contributed by atoms with Crippen molar-refractivity contribution < 1.29 is 46.9 Å². The van der Waals surface area contributed by atoms with Gasteiger partial charge in [-0.25, -0.2) is 13.8 Å². The SMILES string of the molecule is Cn1c2ccncc2c2ccc(-c3ccc(O[C@H]4C[C@H](OCC(F)(F)COCCCOC5CN(c6ccc7c(c6)C(=O)N(C6CCC(=O)NC6=O)C7=O)C5)C4)nc3)cc21. The number of fused-ring (bicyclic) bond motifs is 4. The molecule has 59 heavy (non-hydrogen) atoms. The molecule has 3 fully saturated rings. The molecule has 0 bridgehead atoms. The molecule has 16 heteroatoms. The molecule has 1 N–H and O–H groups in total. The first kappa shape index (κ1) is 38.7. The van der Waals surface area contributed by atoms with Crippen molar-refractivity contribution in [3.05, 3.63) is 84.3 Å². The molecule has 1 unspecified atom stereocenters. The van der Waals surface area contributed by atoms with Crippen LogP contribution in [-0.2, 0) is 30.8 Å². The van der Waals surface area contributed by atoms with E-state index in [1.807, 2.05) is 36.3 Å². The first-order valence-corrected chi connectivity index (χ1v) is 19.8. The largest absolute Gasteiger partial charge is 0.474 e. The van der Waals surface area contributed by atoms with Crippen molar-refractivity contribution in [2.24, 2.45) is 7.05 Å². The van der Waals surface area contributed by atoms with Gasteiger partial charge < -0.3 is 28.4 Å². The Kier molecular flexibility index (Phi) is 10.3. The van der Waals surface area contributed by atoms with Crippen LogP contribution in [0.4, 0.5) is 14.5 Å². The highest BCUT2D eigenvalue weighted by Crippen LogP contribution is 2.35. The molecule has 3 aliphatic heterocycles. The first-order valence-electron chi connectivity index (χ1n) is 19.8. The molecule has 4 amide bonds. The number of carbonyl (C=O) groups is 4. The zero-order valence-corrected chi connectivity index (χ0v) is 32.3. The smallest absolute Gasteiger partial charge is 0.293 e. The molecule has 1 atom stereocenters. The van der Waals surface area contributed by atoms with E-state index < -0.39 is 48.8 Å². The highest BCUT2D eigenvalue weighted by atomic mass is 19.3. The molecular weight excluding hydrogens is 767 g/mol. The van der Waals surface area contributed by atoms with Crippen LogP contribution in [0.2, 0.25) is 0 Å². The van der Waals surface area contributed by atoms with Gasteiger partial charge in [-0.15, -0.1) is 0 Å². The second-order valence-corrected chi connectivity index (χ2v) is 15.6. The molecule has 9 rings (SSSR count). The number of amides is 4. The normalized spacial score (nSPS) is 20.9. The lowest BCUT2D eigenvalue weighted by molar-refractivity contribution is -0.160. The number of anilines is 1. The summed E-state index contributed by atoms with van der Waals surface area (Å²) in [7, 11) is 2.04. The summed E-state index contributed by atoms with van der Waals surface area (Å²) in [6.45, 7) is 0.0496. The number of ether oxygens (including phenoxy) is 4. The summed E-state index contributed by atoms with van der Waals surface area (Å²) in [5.41, 5.74) is 5.39. The van der Waals surface area contributed by atoms with Gasteiger partial charge >= 0.3 is 0 Å². The number of halogens is 2. The number of piperidine rings is 1. The molecule has 4 aliphatic rings. The van der Waals surface area contributed by atoms with E-state index in [1.165, 1.54) is 0 Å². The summed E-state index contributed by atoms with van der Waals surface area (Å²) in [6.07, 6.45) is 6.46. The summed E-state index contributed by atoms with van der Waals surface area (Å²) in [5, 5.41) is 4.44. The van der Waals surface area contributed by atoms with Crippen LogP contribution in [0.15, 0.2) is 73.2 Å². The van der Waals surface area contributed by atoms with Gasteiger partial charge in [0, 0.05) is 105 Å². The minimum absolute atomic E-state index is 0.0537. The van der Waals surface area contributed by atoms with E-state index in [1.54, 1.807) is 30.6 Å². The molecule has 5 aromatic rings. The standard InChI is InChI=1S/C43H42F2N6O8/c1-49-35-11-12-46-20-34(35)31-6-3-25(15-37(31)49)26-4-10-39(47-19-26)59-29-17-28(18-29)58-24-43(44,45)23-56-13-2-14-57-30-21-50(22-30)27-5-7-32-33(16-27)42(55)51(41(32)54)36-8-9-38(52)48-40(36)53/h3-7,10-12,15-16,19-20,28-30,36H,2,8-9,13-14,17-18,21-24H2,1H3,(H,48,52,53)/t28-,29-,36?. The number of hydrogen-bond acceptors (Lipinski definition) is 11. The van der Waals surface area contributed by atoms with Gasteiger partial charge in [0.1, 0.15) is 25.4 Å². The fourth-order valence-electron chi connectivity index (χ4n) is 8.10. The van der Waals surface area contributed by atoms with Crippen LogP contribution in [0.1, 0.15) is 52.8 Å². The van der Waals surface area contributed by atoms with E-state index in [-0.39, 0.29) is 48.9 Å². The molecule has 0 spiro atoms. The van der Waals surface area contributed by atoms with Crippen LogP contribution in [0.25, 0.3) is 32.9 Å². The Morgan fingerprint density at radius 1 is 0.814 bits per heavy atom. The Bertz CT molecular complexity index is 2450. The van der Waals surface area contributed by atoms with Crippen molar-refractivity contribution in [1.82, 2.24) is 24.8 Å². The fraction of sp³-hybridized carbons (Fsp3) is 0.395. The van der Waals surface area contributed by atoms with Crippen LogP contribution in [0, 0.1) is 0 Å². The minimum atomic E-state index is -3.13. The molecule has 14 nitrogen and oxygen atoms in total. The predicted octanol–water partition coefficient (Wildman–Crippen LogP) is 5.06. The van der Waals surface area contributed by atoms with Gasteiger partial charge in [-0.1, -0.05) is 12.1 Å². The van der Waals surface area contributed by atoms with E-state index >= 15 is 0 Å². The molecule has 1 aliphatic carbocycles. The highest BCUT2D eigenvalue weighted by molar-refractivity contribution is 6.23. The number of pyridine rings is 2. The van der Waals surface area contributed by atoms with Crippen LogP contribution in [-0.4, -0.2) is 113 Å². The quantitative estimate of drug-likeness (QED) is 0.112. The maximum atomic E-state index is 14.5. The summed E-state index contributed by atoms with van der Waals surface area (Å²) >= 11 is 0. The molecule has 3 aromatic heterocycles. The second kappa shape index (κ2) is 15.7. The fourth-order valence-corrected chi connectivity index (χ4v) is 8.10. The average molecular weight is 809 g/mol. The van der Waals surface area contributed by atoms with Crippen molar-refractivity contribution in [3.63, 3.8) is 0 Å². The maximum absolute atomic E-state index is 14.5. The maximum Gasteiger partial charge on any atom is 0.293 e. The van der Waals surface area contributed by atoms with E-state index in [2.05, 4.69) is 38.1 Å². The van der Waals surface area contributed by atoms with Gasteiger partial charge in [0.2, 0.25) is 17.7 Å².